The van der Waals surface area contributed by atoms with Crippen LogP contribution in [0.25, 0.3) is 23.3 Å². The first-order valence-electron chi connectivity index (χ1n) is 10.3. The van der Waals surface area contributed by atoms with Crippen LogP contribution in [-0.4, -0.2) is 0 Å². The van der Waals surface area contributed by atoms with Crippen molar-refractivity contribution >= 4 is 12.2 Å². The van der Waals surface area contributed by atoms with Gasteiger partial charge in [0.2, 0.25) is 0 Å². The van der Waals surface area contributed by atoms with E-state index in [4.69, 9.17) is 0 Å². The molecule has 0 amide bonds. The fraction of sp³-hybridized carbons (Fsp3) is 0.0667. The van der Waals surface area contributed by atoms with Crippen molar-refractivity contribution in [3.63, 3.8) is 0 Å². The SMILES string of the molecule is C=Cc1ccc(Cc2ccc(-c3ccc(Cc4ccc(C=C)cc4)cc3)cc2)cc1. The first-order chi connectivity index (χ1) is 14.7. The van der Waals surface area contributed by atoms with Crippen molar-refractivity contribution in [2.75, 3.05) is 0 Å². The van der Waals surface area contributed by atoms with Crippen molar-refractivity contribution < 1.29 is 0 Å². The Labute approximate surface area is 179 Å². The van der Waals surface area contributed by atoms with E-state index in [-0.39, 0.29) is 0 Å². The Hall–Kier alpha value is -3.64. The van der Waals surface area contributed by atoms with E-state index in [0.29, 0.717) is 0 Å². The van der Waals surface area contributed by atoms with Crippen molar-refractivity contribution in [1.29, 1.82) is 0 Å². The van der Waals surface area contributed by atoms with Crippen molar-refractivity contribution in [2.24, 2.45) is 0 Å². The monoisotopic (exact) mass is 386 g/mol. The molecule has 0 heteroatoms. The summed E-state index contributed by atoms with van der Waals surface area (Å²) in [5.74, 6) is 0. The van der Waals surface area contributed by atoms with Crippen molar-refractivity contribution in [2.45, 2.75) is 12.8 Å². The standard InChI is InChI=1S/C30H26/c1-3-23-5-9-25(10-6-23)21-27-13-17-29(18-14-27)30-19-15-28(16-20-30)22-26-11-7-24(4-2)8-12-26/h3-20H,1-2,21-22H2. The molecule has 0 saturated heterocycles. The molecule has 4 aromatic rings. The maximum atomic E-state index is 3.81. The van der Waals surface area contributed by atoms with Gasteiger partial charge < -0.3 is 0 Å². The highest BCUT2D eigenvalue weighted by Gasteiger charge is 2.02. The highest BCUT2D eigenvalue weighted by Crippen LogP contribution is 2.22. The van der Waals surface area contributed by atoms with Crippen molar-refractivity contribution in [3.05, 3.63) is 144 Å². The lowest BCUT2D eigenvalue weighted by atomic mass is 9.98. The van der Waals surface area contributed by atoms with E-state index in [2.05, 4.69) is 110 Å². The van der Waals surface area contributed by atoms with E-state index in [1.165, 1.54) is 33.4 Å². The maximum Gasteiger partial charge on any atom is -0.00258 e. The second-order valence-electron chi connectivity index (χ2n) is 7.64. The van der Waals surface area contributed by atoms with Gasteiger partial charge >= 0.3 is 0 Å². The molecule has 0 saturated carbocycles. The van der Waals surface area contributed by atoms with Crippen LogP contribution in [0, 0.1) is 0 Å². The number of hydrogen-bond acceptors (Lipinski definition) is 0. The van der Waals surface area contributed by atoms with Gasteiger partial charge in [-0.05, 0) is 57.3 Å². The third-order valence-electron chi connectivity index (χ3n) is 5.49. The van der Waals surface area contributed by atoms with E-state index < -0.39 is 0 Å². The molecule has 0 aliphatic heterocycles. The molecule has 30 heavy (non-hydrogen) atoms. The van der Waals surface area contributed by atoms with E-state index >= 15 is 0 Å². The lowest BCUT2D eigenvalue weighted by Crippen LogP contribution is -1.90. The molecule has 146 valence electrons. The third-order valence-corrected chi connectivity index (χ3v) is 5.49. The summed E-state index contributed by atoms with van der Waals surface area (Å²) in [6.07, 6.45) is 5.65. The molecular formula is C30H26. The average molecular weight is 387 g/mol. The molecule has 0 nitrogen and oxygen atoms in total. The molecule has 0 aromatic heterocycles. The minimum atomic E-state index is 0.946. The van der Waals surface area contributed by atoms with Crippen molar-refractivity contribution in [1.82, 2.24) is 0 Å². The quantitative estimate of drug-likeness (QED) is 0.304. The second kappa shape index (κ2) is 9.24. The lowest BCUT2D eigenvalue weighted by molar-refractivity contribution is 1.19. The summed E-state index contributed by atoms with van der Waals surface area (Å²) in [5.41, 5.74) is 10.1. The Kier molecular flexibility index (Phi) is 6.06. The van der Waals surface area contributed by atoms with Gasteiger partial charge in [-0.2, -0.15) is 0 Å². The molecule has 0 bridgehead atoms. The van der Waals surface area contributed by atoms with Gasteiger partial charge in [-0.25, -0.2) is 0 Å². The van der Waals surface area contributed by atoms with E-state index in [9.17, 15) is 0 Å². The zero-order valence-corrected chi connectivity index (χ0v) is 17.2. The van der Waals surface area contributed by atoms with Crippen LogP contribution >= 0.6 is 0 Å². The van der Waals surface area contributed by atoms with Gasteiger partial charge in [0.1, 0.15) is 0 Å². The minimum absolute atomic E-state index is 0.946. The summed E-state index contributed by atoms with van der Waals surface area (Å²) in [6.45, 7) is 7.62. The first-order valence-corrected chi connectivity index (χ1v) is 10.3. The Balaban J connectivity index is 1.41. The van der Waals surface area contributed by atoms with Gasteiger partial charge in [0.05, 0.1) is 0 Å². The van der Waals surface area contributed by atoms with Crippen LogP contribution in [-0.2, 0) is 12.8 Å². The van der Waals surface area contributed by atoms with Crippen LogP contribution in [0.4, 0.5) is 0 Å². The molecule has 0 atom stereocenters. The Morgan fingerprint density at radius 3 is 0.933 bits per heavy atom. The normalized spacial score (nSPS) is 10.5. The zero-order valence-electron chi connectivity index (χ0n) is 17.2. The van der Waals surface area contributed by atoms with Crippen LogP contribution in [0.3, 0.4) is 0 Å². The minimum Gasteiger partial charge on any atom is -0.0985 e. The molecular weight excluding hydrogens is 360 g/mol. The number of rotatable bonds is 7. The van der Waals surface area contributed by atoms with Gasteiger partial charge in [-0.15, -0.1) is 0 Å². The van der Waals surface area contributed by atoms with E-state index in [1.54, 1.807) is 0 Å². The van der Waals surface area contributed by atoms with E-state index in [0.717, 1.165) is 24.0 Å². The molecule has 0 fully saturated rings. The molecule has 0 aliphatic carbocycles. The molecule has 0 N–H and O–H groups in total. The Morgan fingerprint density at radius 1 is 0.400 bits per heavy atom. The van der Waals surface area contributed by atoms with Gasteiger partial charge in [-0.1, -0.05) is 122 Å². The van der Waals surface area contributed by atoms with Crippen molar-refractivity contribution in [3.8, 4) is 11.1 Å². The Morgan fingerprint density at radius 2 is 0.667 bits per heavy atom. The van der Waals surface area contributed by atoms with Gasteiger partial charge in [0.25, 0.3) is 0 Å². The highest BCUT2D eigenvalue weighted by atomic mass is 14.1. The number of benzene rings is 4. The molecule has 4 aromatic carbocycles. The summed E-state index contributed by atoms with van der Waals surface area (Å²) in [7, 11) is 0. The van der Waals surface area contributed by atoms with Crippen LogP contribution in [0.1, 0.15) is 33.4 Å². The second-order valence-corrected chi connectivity index (χ2v) is 7.64. The van der Waals surface area contributed by atoms with Crippen LogP contribution < -0.4 is 0 Å². The molecule has 4 rings (SSSR count). The summed E-state index contributed by atoms with van der Waals surface area (Å²) >= 11 is 0. The molecule has 0 heterocycles. The fourth-order valence-electron chi connectivity index (χ4n) is 3.64. The summed E-state index contributed by atoms with van der Waals surface area (Å²) in [5, 5.41) is 0. The molecule has 0 spiro atoms. The average Bonchev–Trinajstić information content (AvgIpc) is 2.81. The molecule has 0 radical (unpaired) electrons. The first kappa shape index (κ1) is 19.7. The number of hydrogen-bond donors (Lipinski definition) is 0. The predicted octanol–water partition coefficient (Wildman–Crippen LogP) is 7.82. The zero-order chi connectivity index (χ0) is 20.8. The summed E-state index contributed by atoms with van der Waals surface area (Å²) in [4.78, 5) is 0. The lowest BCUT2D eigenvalue weighted by Gasteiger charge is -2.07. The van der Waals surface area contributed by atoms with Crippen LogP contribution in [0.2, 0.25) is 0 Å². The smallest absolute Gasteiger partial charge is 0.00258 e. The molecule has 0 unspecified atom stereocenters. The van der Waals surface area contributed by atoms with Gasteiger partial charge in [-0.3, -0.25) is 0 Å². The highest BCUT2D eigenvalue weighted by molar-refractivity contribution is 5.64. The summed E-state index contributed by atoms with van der Waals surface area (Å²) in [6, 6.07) is 35.0. The Bertz CT molecular complexity index is 1020. The van der Waals surface area contributed by atoms with Gasteiger partial charge in [0, 0.05) is 0 Å². The van der Waals surface area contributed by atoms with E-state index in [1.807, 2.05) is 12.2 Å². The summed E-state index contributed by atoms with van der Waals surface area (Å²) < 4.78 is 0. The topological polar surface area (TPSA) is 0 Å². The third kappa shape index (κ3) is 4.85. The maximum absolute atomic E-state index is 3.81. The van der Waals surface area contributed by atoms with Gasteiger partial charge in [0.15, 0.2) is 0 Å². The fourth-order valence-corrected chi connectivity index (χ4v) is 3.64. The van der Waals surface area contributed by atoms with Crippen LogP contribution in [0.5, 0.6) is 0 Å². The van der Waals surface area contributed by atoms with Crippen LogP contribution in [0.15, 0.2) is 110 Å². The predicted molar refractivity (Wildman–Crippen MR) is 131 cm³/mol. The molecule has 0 aliphatic rings. The largest absolute Gasteiger partial charge is 0.0985 e.